The van der Waals surface area contributed by atoms with Crippen LogP contribution in [0.4, 0.5) is 0 Å². The molecule has 3 heteroatoms. The van der Waals surface area contributed by atoms with Crippen molar-refractivity contribution in [3.63, 3.8) is 0 Å². The second-order valence-electron chi connectivity index (χ2n) is 6.66. The summed E-state index contributed by atoms with van der Waals surface area (Å²) in [6, 6.07) is 10.3. The number of hydrogen-bond donors (Lipinski definition) is 0. The van der Waals surface area contributed by atoms with E-state index in [0.717, 1.165) is 26.1 Å². The van der Waals surface area contributed by atoms with Gasteiger partial charge >= 0.3 is 0 Å². The normalized spacial score (nSPS) is 27.0. The molecule has 2 aliphatic heterocycles. The van der Waals surface area contributed by atoms with Crippen molar-refractivity contribution in [1.29, 1.82) is 0 Å². The minimum absolute atomic E-state index is 0.0540. The number of piperidine rings is 2. The first-order chi connectivity index (χ1) is 9.60. The topological polar surface area (TPSA) is 23.6 Å². The molecule has 20 heavy (non-hydrogen) atoms. The van der Waals surface area contributed by atoms with Crippen molar-refractivity contribution in [1.82, 2.24) is 9.80 Å². The molecule has 0 N–H and O–H groups in total. The van der Waals surface area contributed by atoms with Gasteiger partial charge in [-0.05, 0) is 50.4 Å². The van der Waals surface area contributed by atoms with Gasteiger partial charge in [-0.1, -0.05) is 30.3 Å². The van der Waals surface area contributed by atoms with Crippen LogP contribution < -0.4 is 0 Å². The fourth-order valence-electron chi connectivity index (χ4n) is 3.83. The summed E-state index contributed by atoms with van der Waals surface area (Å²) in [4.78, 5) is 16.9. The second kappa shape index (κ2) is 5.21. The number of likely N-dealkylation sites (tertiary alicyclic amines) is 2. The number of carbonyl (C=O) groups is 1. The average Bonchev–Trinajstić information content (AvgIpc) is 2.47. The van der Waals surface area contributed by atoms with E-state index < -0.39 is 0 Å². The number of rotatable bonds is 1. The summed E-state index contributed by atoms with van der Waals surface area (Å²) in [6.45, 7) is 3.25. The summed E-state index contributed by atoms with van der Waals surface area (Å²) in [5, 5.41) is 0. The highest BCUT2D eigenvalue weighted by molar-refractivity contribution is 5.84. The maximum Gasteiger partial charge on any atom is 0.229 e. The van der Waals surface area contributed by atoms with Crippen LogP contribution in [-0.2, 0) is 4.79 Å². The maximum atomic E-state index is 12.5. The zero-order valence-corrected chi connectivity index (χ0v) is 12.5. The molecule has 2 heterocycles. The van der Waals surface area contributed by atoms with Gasteiger partial charge in [-0.2, -0.15) is 0 Å². The van der Waals surface area contributed by atoms with E-state index in [-0.39, 0.29) is 5.92 Å². The van der Waals surface area contributed by atoms with E-state index in [4.69, 9.17) is 0 Å². The van der Waals surface area contributed by atoms with Gasteiger partial charge < -0.3 is 9.80 Å². The number of amides is 1. The Morgan fingerprint density at radius 2 is 1.75 bits per heavy atom. The number of likely N-dealkylation sites (N-methyl/N-ethyl adjacent to an activating group) is 1. The molecule has 1 spiro atoms. The van der Waals surface area contributed by atoms with Crippen molar-refractivity contribution in [2.45, 2.75) is 25.2 Å². The Morgan fingerprint density at radius 3 is 2.40 bits per heavy atom. The first kappa shape index (κ1) is 13.6. The molecule has 0 aromatic heterocycles. The Labute approximate surface area is 121 Å². The van der Waals surface area contributed by atoms with E-state index in [0.29, 0.717) is 11.3 Å². The third-order valence-electron chi connectivity index (χ3n) is 5.13. The molecule has 2 aliphatic rings. The fourth-order valence-corrected chi connectivity index (χ4v) is 3.83. The summed E-state index contributed by atoms with van der Waals surface area (Å²) in [7, 11) is 4.16. The van der Waals surface area contributed by atoms with Crippen LogP contribution in [0.1, 0.15) is 30.7 Å². The van der Waals surface area contributed by atoms with Crippen molar-refractivity contribution in [3.8, 4) is 0 Å². The summed E-state index contributed by atoms with van der Waals surface area (Å²) in [5.41, 5.74) is 1.51. The van der Waals surface area contributed by atoms with Crippen LogP contribution in [0, 0.1) is 5.41 Å². The fraction of sp³-hybridized carbons (Fsp3) is 0.588. The molecular weight excluding hydrogens is 248 g/mol. The largest absolute Gasteiger partial charge is 0.345 e. The van der Waals surface area contributed by atoms with Gasteiger partial charge in [0.25, 0.3) is 0 Å². The van der Waals surface area contributed by atoms with E-state index in [9.17, 15) is 4.79 Å². The average molecular weight is 272 g/mol. The minimum atomic E-state index is 0.0540. The van der Waals surface area contributed by atoms with Gasteiger partial charge in [0.1, 0.15) is 0 Å². The van der Waals surface area contributed by atoms with E-state index >= 15 is 0 Å². The molecular formula is C17H24N2O. The zero-order valence-electron chi connectivity index (χ0n) is 12.5. The number of carbonyl (C=O) groups excluding carboxylic acids is 1. The Morgan fingerprint density at radius 1 is 1.10 bits per heavy atom. The van der Waals surface area contributed by atoms with Crippen LogP contribution >= 0.6 is 0 Å². The van der Waals surface area contributed by atoms with Gasteiger partial charge in [0.2, 0.25) is 5.91 Å². The van der Waals surface area contributed by atoms with Crippen LogP contribution in [0.15, 0.2) is 30.3 Å². The van der Waals surface area contributed by atoms with Crippen LogP contribution in [0.3, 0.4) is 0 Å². The van der Waals surface area contributed by atoms with Crippen molar-refractivity contribution >= 4 is 5.91 Å². The van der Waals surface area contributed by atoms with Crippen molar-refractivity contribution < 1.29 is 4.79 Å². The Kier molecular flexibility index (Phi) is 3.55. The highest BCUT2D eigenvalue weighted by atomic mass is 16.2. The number of benzene rings is 1. The highest BCUT2D eigenvalue weighted by Gasteiger charge is 2.44. The van der Waals surface area contributed by atoms with Gasteiger partial charge in [0.15, 0.2) is 0 Å². The molecule has 0 bridgehead atoms. The first-order valence-corrected chi connectivity index (χ1v) is 7.58. The first-order valence-electron chi connectivity index (χ1n) is 7.58. The summed E-state index contributed by atoms with van der Waals surface area (Å²) >= 11 is 0. The monoisotopic (exact) mass is 272 g/mol. The van der Waals surface area contributed by atoms with Crippen LogP contribution in [0.25, 0.3) is 0 Å². The molecule has 0 aliphatic carbocycles. The van der Waals surface area contributed by atoms with Gasteiger partial charge in [-0.15, -0.1) is 0 Å². The predicted molar refractivity (Wildman–Crippen MR) is 80.6 cm³/mol. The van der Waals surface area contributed by atoms with E-state index in [1.54, 1.807) is 0 Å². The Hall–Kier alpha value is -1.35. The lowest BCUT2D eigenvalue weighted by Gasteiger charge is -2.48. The minimum Gasteiger partial charge on any atom is -0.345 e. The Bertz CT molecular complexity index is 477. The van der Waals surface area contributed by atoms with Crippen LogP contribution in [0.5, 0.6) is 0 Å². The predicted octanol–water partition coefficient (Wildman–Crippen LogP) is 2.34. The summed E-state index contributed by atoms with van der Waals surface area (Å²) in [5.74, 6) is 0.346. The molecule has 1 atom stereocenters. The smallest absolute Gasteiger partial charge is 0.229 e. The third-order valence-corrected chi connectivity index (χ3v) is 5.13. The zero-order chi connectivity index (χ0) is 14.2. The molecule has 0 saturated carbocycles. The highest BCUT2D eigenvalue weighted by Crippen LogP contribution is 2.44. The van der Waals surface area contributed by atoms with Gasteiger partial charge in [0.05, 0.1) is 5.92 Å². The standard InChI is InChI=1S/C17H24N2O/c1-18-10-8-17(9-11-18)12-15(16(20)19(2)13-17)14-6-4-3-5-7-14/h3-7,15H,8-13H2,1-2H3. The van der Waals surface area contributed by atoms with Crippen LogP contribution in [-0.4, -0.2) is 49.4 Å². The molecule has 1 aromatic carbocycles. The third kappa shape index (κ3) is 2.47. The lowest BCUT2D eigenvalue weighted by molar-refractivity contribution is -0.139. The lowest BCUT2D eigenvalue weighted by atomic mass is 9.68. The molecule has 3 nitrogen and oxygen atoms in total. The van der Waals surface area contributed by atoms with Gasteiger partial charge in [-0.3, -0.25) is 4.79 Å². The van der Waals surface area contributed by atoms with E-state index in [1.807, 2.05) is 30.1 Å². The molecule has 2 fully saturated rings. The van der Waals surface area contributed by atoms with Gasteiger partial charge in [-0.25, -0.2) is 0 Å². The van der Waals surface area contributed by atoms with Crippen molar-refractivity contribution in [3.05, 3.63) is 35.9 Å². The maximum absolute atomic E-state index is 12.5. The SMILES string of the molecule is CN1CCC2(CC1)CC(c1ccccc1)C(=O)N(C)C2. The van der Waals surface area contributed by atoms with E-state index in [2.05, 4.69) is 24.1 Å². The molecule has 0 radical (unpaired) electrons. The molecule has 2 saturated heterocycles. The molecule has 1 amide bonds. The second-order valence-corrected chi connectivity index (χ2v) is 6.66. The number of nitrogens with zero attached hydrogens (tertiary/aromatic N) is 2. The number of hydrogen-bond acceptors (Lipinski definition) is 2. The molecule has 1 unspecified atom stereocenters. The summed E-state index contributed by atoms with van der Waals surface area (Å²) in [6.07, 6.45) is 3.45. The Balaban J connectivity index is 1.85. The summed E-state index contributed by atoms with van der Waals surface area (Å²) < 4.78 is 0. The molecule has 1 aromatic rings. The van der Waals surface area contributed by atoms with Crippen molar-refractivity contribution in [2.75, 3.05) is 33.7 Å². The van der Waals surface area contributed by atoms with Gasteiger partial charge in [0, 0.05) is 13.6 Å². The molecule has 3 rings (SSSR count). The van der Waals surface area contributed by atoms with E-state index in [1.165, 1.54) is 18.4 Å². The quantitative estimate of drug-likeness (QED) is 0.783. The molecule has 108 valence electrons. The van der Waals surface area contributed by atoms with Crippen molar-refractivity contribution in [2.24, 2.45) is 5.41 Å². The lowest BCUT2D eigenvalue weighted by Crippen LogP contribution is -2.52. The van der Waals surface area contributed by atoms with Crippen LogP contribution in [0.2, 0.25) is 0 Å².